The Hall–Kier alpha value is -2.65. The SMILES string of the molecule is CS(=O)(=O)N(CCC(=O)Nc1cccc(F)c1)Cc1ccc2c(c1)OCO2. The fourth-order valence-electron chi connectivity index (χ4n) is 2.62. The van der Waals surface area contributed by atoms with Gasteiger partial charge in [-0.1, -0.05) is 12.1 Å². The van der Waals surface area contributed by atoms with E-state index in [9.17, 15) is 17.6 Å². The summed E-state index contributed by atoms with van der Waals surface area (Å²) in [7, 11) is -3.53. The number of sulfonamides is 1. The van der Waals surface area contributed by atoms with Gasteiger partial charge in [0.25, 0.3) is 0 Å². The highest BCUT2D eigenvalue weighted by Crippen LogP contribution is 2.33. The highest BCUT2D eigenvalue weighted by Gasteiger charge is 2.20. The van der Waals surface area contributed by atoms with E-state index in [4.69, 9.17) is 9.47 Å². The second-order valence-corrected chi connectivity index (χ2v) is 8.08. The van der Waals surface area contributed by atoms with E-state index >= 15 is 0 Å². The Labute approximate surface area is 156 Å². The summed E-state index contributed by atoms with van der Waals surface area (Å²) in [6.45, 7) is 0.228. The van der Waals surface area contributed by atoms with Crippen molar-refractivity contribution in [1.29, 1.82) is 0 Å². The first kappa shape index (κ1) is 19.1. The predicted molar refractivity (Wildman–Crippen MR) is 97.5 cm³/mol. The number of amides is 1. The number of rotatable bonds is 7. The maximum atomic E-state index is 13.2. The van der Waals surface area contributed by atoms with Gasteiger partial charge < -0.3 is 14.8 Å². The van der Waals surface area contributed by atoms with Crippen molar-refractivity contribution in [2.24, 2.45) is 0 Å². The zero-order chi connectivity index (χ0) is 19.4. The summed E-state index contributed by atoms with van der Waals surface area (Å²) >= 11 is 0. The molecule has 1 aliphatic heterocycles. The third-order valence-electron chi connectivity index (χ3n) is 3.96. The van der Waals surface area contributed by atoms with Crippen LogP contribution in [0.25, 0.3) is 0 Å². The molecule has 1 heterocycles. The minimum Gasteiger partial charge on any atom is -0.454 e. The van der Waals surface area contributed by atoms with Crippen molar-refractivity contribution in [3.63, 3.8) is 0 Å². The van der Waals surface area contributed by atoms with Crippen molar-refractivity contribution in [3.8, 4) is 11.5 Å². The Morgan fingerprint density at radius 1 is 1.19 bits per heavy atom. The topological polar surface area (TPSA) is 84.9 Å². The van der Waals surface area contributed by atoms with Gasteiger partial charge in [0.05, 0.1) is 6.26 Å². The molecule has 0 radical (unpaired) electrons. The molecule has 0 unspecified atom stereocenters. The number of ether oxygens (including phenoxy) is 2. The second-order valence-electron chi connectivity index (χ2n) is 6.09. The molecule has 1 amide bonds. The second kappa shape index (κ2) is 7.93. The fourth-order valence-corrected chi connectivity index (χ4v) is 3.43. The molecule has 0 atom stereocenters. The third-order valence-corrected chi connectivity index (χ3v) is 5.21. The number of anilines is 1. The number of benzene rings is 2. The maximum absolute atomic E-state index is 13.2. The summed E-state index contributed by atoms with van der Waals surface area (Å²) in [6, 6.07) is 10.7. The summed E-state index contributed by atoms with van der Waals surface area (Å²) in [5.74, 6) is 0.303. The Bertz CT molecular complexity index is 949. The zero-order valence-electron chi connectivity index (χ0n) is 14.6. The van der Waals surface area contributed by atoms with Crippen LogP contribution in [0.5, 0.6) is 11.5 Å². The maximum Gasteiger partial charge on any atom is 0.231 e. The van der Waals surface area contributed by atoms with E-state index in [1.54, 1.807) is 24.3 Å². The van der Waals surface area contributed by atoms with Gasteiger partial charge in [0.15, 0.2) is 11.5 Å². The number of carbonyl (C=O) groups excluding carboxylic acids is 1. The van der Waals surface area contributed by atoms with Gasteiger partial charge in [0.1, 0.15) is 5.82 Å². The van der Waals surface area contributed by atoms with E-state index < -0.39 is 21.7 Å². The molecule has 1 N–H and O–H groups in total. The van der Waals surface area contributed by atoms with Crippen LogP contribution in [-0.4, -0.2) is 38.2 Å². The summed E-state index contributed by atoms with van der Waals surface area (Å²) in [5, 5.41) is 2.55. The van der Waals surface area contributed by atoms with Gasteiger partial charge in [-0.05, 0) is 35.9 Å². The van der Waals surface area contributed by atoms with Crippen LogP contribution in [0.1, 0.15) is 12.0 Å². The molecule has 1 aliphatic rings. The lowest BCUT2D eigenvalue weighted by Gasteiger charge is -2.20. The molecule has 7 nitrogen and oxygen atoms in total. The third kappa shape index (κ3) is 5.18. The Morgan fingerprint density at radius 3 is 2.70 bits per heavy atom. The molecule has 144 valence electrons. The first-order chi connectivity index (χ1) is 12.8. The lowest BCUT2D eigenvalue weighted by molar-refractivity contribution is -0.116. The molecule has 0 saturated heterocycles. The number of hydrogen-bond acceptors (Lipinski definition) is 5. The van der Waals surface area contributed by atoms with E-state index in [1.165, 1.54) is 22.5 Å². The average molecular weight is 394 g/mol. The summed E-state index contributed by atoms with van der Waals surface area (Å²) in [4.78, 5) is 12.1. The Balaban J connectivity index is 1.62. The Morgan fingerprint density at radius 2 is 1.96 bits per heavy atom. The average Bonchev–Trinajstić information content (AvgIpc) is 3.05. The monoisotopic (exact) mass is 394 g/mol. The van der Waals surface area contributed by atoms with Crippen molar-refractivity contribution in [2.45, 2.75) is 13.0 Å². The molecule has 0 aliphatic carbocycles. The molecule has 0 spiro atoms. The number of hydrogen-bond donors (Lipinski definition) is 1. The van der Waals surface area contributed by atoms with Crippen LogP contribution in [-0.2, 0) is 21.4 Å². The van der Waals surface area contributed by atoms with Gasteiger partial charge in [0, 0.05) is 25.2 Å². The van der Waals surface area contributed by atoms with Crippen molar-refractivity contribution in [3.05, 3.63) is 53.8 Å². The first-order valence-electron chi connectivity index (χ1n) is 8.20. The highest BCUT2D eigenvalue weighted by molar-refractivity contribution is 7.88. The van der Waals surface area contributed by atoms with E-state index in [1.807, 2.05) is 0 Å². The van der Waals surface area contributed by atoms with Crippen LogP contribution in [0, 0.1) is 5.82 Å². The Kier molecular flexibility index (Phi) is 5.62. The molecule has 3 rings (SSSR count). The van der Waals surface area contributed by atoms with E-state index in [0.29, 0.717) is 17.2 Å². The molecule has 0 fully saturated rings. The fraction of sp³-hybridized carbons (Fsp3) is 0.278. The largest absolute Gasteiger partial charge is 0.454 e. The van der Waals surface area contributed by atoms with Crippen molar-refractivity contribution >= 4 is 21.6 Å². The smallest absolute Gasteiger partial charge is 0.231 e. The summed E-state index contributed by atoms with van der Waals surface area (Å²) in [5.41, 5.74) is 1.04. The molecular weight excluding hydrogens is 375 g/mol. The number of halogens is 1. The molecule has 2 aromatic carbocycles. The number of carbonyl (C=O) groups is 1. The molecule has 0 bridgehead atoms. The molecule has 27 heavy (non-hydrogen) atoms. The summed E-state index contributed by atoms with van der Waals surface area (Å²) in [6.07, 6.45) is 1.03. The van der Waals surface area contributed by atoms with Gasteiger partial charge in [-0.25, -0.2) is 12.8 Å². The summed E-state index contributed by atoms with van der Waals surface area (Å²) < 4.78 is 49.0. The number of nitrogens with zero attached hydrogens (tertiary/aromatic N) is 1. The van der Waals surface area contributed by atoms with Gasteiger partial charge in [-0.3, -0.25) is 4.79 Å². The van der Waals surface area contributed by atoms with E-state index in [-0.39, 0.29) is 26.3 Å². The van der Waals surface area contributed by atoms with Crippen LogP contribution < -0.4 is 14.8 Å². The molecule has 0 aromatic heterocycles. The quantitative estimate of drug-likeness (QED) is 0.779. The van der Waals surface area contributed by atoms with Crippen LogP contribution in [0.15, 0.2) is 42.5 Å². The van der Waals surface area contributed by atoms with E-state index in [0.717, 1.165) is 11.8 Å². The van der Waals surface area contributed by atoms with Crippen LogP contribution in [0.3, 0.4) is 0 Å². The normalized spacial score (nSPS) is 13.0. The predicted octanol–water partition coefficient (Wildman–Crippen LogP) is 2.34. The number of fused-ring (bicyclic) bond motifs is 1. The van der Waals surface area contributed by atoms with Crippen LogP contribution in [0.4, 0.5) is 10.1 Å². The van der Waals surface area contributed by atoms with Crippen LogP contribution >= 0.6 is 0 Å². The van der Waals surface area contributed by atoms with Crippen LogP contribution in [0.2, 0.25) is 0 Å². The van der Waals surface area contributed by atoms with E-state index in [2.05, 4.69) is 5.32 Å². The molecular formula is C18H19FN2O5S. The standard InChI is InChI=1S/C18H19FN2O5S/c1-27(23,24)21(11-13-5-6-16-17(9-13)26-12-25-16)8-7-18(22)20-15-4-2-3-14(19)10-15/h2-6,9-10H,7-8,11-12H2,1H3,(H,20,22). The van der Waals surface area contributed by atoms with Gasteiger partial charge in [0.2, 0.25) is 22.7 Å². The molecule has 0 saturated carbocycles. The van der Waals surface area contributed by atoms with Gasteiger partial charge >= 0.3 is 0 Å². The zero-order valence-corrected chi connectivity index (χ0v) is 15.5. The molecule has 9 heteroatoms. The highest BCUT2D eigenvalue weighted by atomic mass is 32.2. The minimum atomic E-state index is -3.53. The van der Waals surface area contributed by atoms with Crippen molar-refractivity contribution in [2.75, 3.05) is 24.9 Å². The number of nitrogens with one attached hydrogen (secondary N) is 1. The lowest BCUT2D eigenvalue weighted by atomic mass is 10.2. The van der Waals surface area contributed by atoms with Gasteiger partial charge in [-0.15, -0.1) is 0 Å². The lowest BCUT2D eigenvalue weighted by Crippen LogP contribution is -2.32. The van der Waals surface area contributed by atoms with Crippen molar-refractivity contribution in [1.82, 2.24) is 4.31 Å². The van der Waals surface area contributed by atoms with Gasteiger partial charge in [-0.2, -0.15) is 4.31 Å². The minimum absolute atomic E-state index is 0.00553. The van der Waals surface area contributed by atoms with Crippen molar-refractivity contribution < 1.29 is 27.1 Å². The molecule has 2 aromatic rings. The first-order valence-corrected chi connectivity index (χ1v) is 10.1.